The number of benzene rings is 1. The molecule has 1 heterocycles. The van der Waals surface area contributed by atoms with Gasteiger partial charge in [0.15, 0.2) is 0 Å². The first-order chi connectivity index (χ1) is 9.52. The Morgan fingerprint density at radius 1 is 1.20 bits per heavy atom. The number of nitrogens with two attached hydrogens (primary N) is 1. The van der Waals surface area contributed by atoms with E-state index in [0.717, 1.165) is 43.8 Å². The van der Waals surface area contributed by atoms with Crippen molar-refractivity contribution in [3.05, 3.63) is 29.1 Å². The summed E-state index contributed by atoms with van der Waals surface area (Å²) >= 11 is 0. The second kappa shape index (κ2) is 6.37. The average molecular weight is 274 g/mol. The molecule has 0 aliphatic heterocycles. The minimum Gasteiger partial charge on any atom is -0.330 e. The lowest BCUT2D eigenvalue weighted by atomic mass is 10.1. The molecule has 0 unspecified atom stereocenters. The van der Waals surface area contributed by atoms with Crippen molar-refractivity contribution in [2.24, 2.45) is 5.73 Å². The van der Waals surface area contributed by atoms with Gasteiger partial charge in [0, 0.05) is 19.5 Å². The van der Waals surface area contributed by atoms with Crippen molar-refractivity contribution in [2.75, 3.05) is 27.2 Å². The Morgan fingerprint density at radius 2 is 1.90 bits per heavy atom. The molecule has 0 aliphatic rings. The first-order valence-corrected chi connectivity index (χ1v) is 7.34. The molecule has 0 aliphatic carbocycles. The van der Waals surface area contributed by atoms with Crippen LogP contribution >= 0.6 is 0 Å². The van der Waals surface area contributed by atoms with Gasteiger partial charge in [-0.05, 0) is 64.2 Å². The van der Waals surface area contributed by atoms with Crippen LogP contribution in [0.2, 0.25) is 0 Å². The predicted molar refractivity (Wildman–Crippen MR) is 85.1 cm³/mol. The predicted octanol–water partition coefficient (Wildman–Crippen LogP) is 2.11. The van der Waals surface area contributed by atoms with E-state index in [-0.39, 0.29) is 0 Å². The summed E-state index contributed by atoms with van der Waals surface area (Å²) in [5.74, 6) is 1.16. The Balaban J connectivity index is 2.43. The normalized spacial score (nSPS) is 11.7. The monoisotopic (exact) mass is 274 g/mol. The molecule has 4 nitrogen and oxygen atoms in total. The summed E-state index contributed by atoms with van der Waals surface area (Å²) in [7, 11) is 4.21. The van der Waals surface area contributed by atoms with Gasteiger partial charge in [-0.3, -0.25) is 0 Å². The summed E-state index contributed by atoms with van der Waals surface area (Å²) in [6, 6.07) is 4.46. The van der Waals surface area contributed by atoms with Crippen LogP contribution < -0.4 is 5.73 Å². The van der Waals surface area contributed by atoms with E-state index in [1.165, 1.54) is 16.6 Å². The topological polar surface area (TPSA) is 47.1 Å². The summed E-state index contributed by atoms with van der Waals surface area (Å²) in [4.78, 5) is 7.03. The van der Waals surface area contributed by atoms with Crippen LogP contribution in [0.25, 0.3) is 11.0 Å². The lowest BCUT2D eigenvalue weighted by Gasteiger charge is -2.13. The molecule has 1 aromatic carbocycles. The van der Waals surface area contributed by atoms with Gasteiger partial charge in [0.2, 0.25) is 0 Å². The molecule has 2 N–H and O–H groups in total. The van der Waals surface area contributed by atoms with E-state index >= 15 is 0 Å². The Hall–Kier alpha value is -1.39. The SMILES string of the molecule is Cc1cc2nc(CCCN)n(CCN(C)C)c2cc1C. The highest BCUT2D eigenvalue weighted by Crippen LogP contribution is 2.21. The van der Waals surface area contributed by atoms with E-state index < -0.39 is 0 Å². The molecule has 0 spiro atoms. The van der Waals surface area contributed by atoms with Crippen molar-refractivity contribution in [1.29, 1.82) is 0 Å². The van der Waals surface area contributed by atoms with Crippen LogP contribution in [0.5, 0.6) is 0 Å². The molecule has 2 aromatic rings. The van der Waals surface area contributed by atoms with Gasteiger partial charge >= 0.3 is 0 Å². The summed E-state index contributed by atoms with van der Waals surface area (Å²) in [5, 5.41) is 0. The number of imidazole rings is 1. The summed E-state index contributed by atoms with van der Waals surface area (Å²) in [6.07, 6.45) is 1.94. The number of fused-ring (bicyclic) bond motifs is 1. The molecule has 0 saturated carbocycles. The van der Waals surface area contributed by atoms with Crippen molar-refractivity contribution in [2.45, 2.75) is 33.2 Å². The fraction of sp³-hybridized carbons (Fsp3) is 0.562. The number of hydrogen-bond donors (Lipinski definition) is 1. The lowest BCUT2D eigenvalue weighted by molar-refractivity contribution is 0.383. The molecule has 0 bridgehead atoms. The molecule has 0 radical (unpaired) electrons. The zero-order chi connectivity index (χ0) is 14.7. The molecule has 4 heteroatoms. The fourth-order valence-corrected chi connectivity index (χ4v) is 2.43. The maximum atomic E-state index is 5.65. The smallest absolute Gasteiger partial charge is 0.109 e. The van der Waals surface area contributed by atoms with Crippen LogP contribution in [0.15, 0.2) is 12.1 Å². The highest BCUT2D eigenvalue weighted by atomic mass is 15.1. The molecule has 2 rings (SSSR count). The minimum atomic E-state index is 0.717. The lowest BCUT2D eigenvalue weighted by Crippen LogP contribution is -2.19. The van der Waals surface area contributed by atoms with E-state index in [1.807, 2.05) is 0 Å². The van der Waals surface area contributed by atoms with E-state index in [1.54, 1.807) is 0 Å². The van der Waals surface area contributed by atoms with Gasteiger partial charge in [-0.2, -0.15) is 0 Å². The van der Waals surface area contributed by atoms with Gasteiger partial charge in [-0.25, -0.2) is 4.98 Å². The maximum absolute atomic E-state index is 5.65. The molecule has 0 atom stereocenters. The van der Waals surface area contributed by atoms with Gasteiger partial charge in [0.05, 0.1) is 11.0 Å². The van der Waals surface area contributed by atoms with Crippen LogP contribution in [-0.2, 0) is 13.0 Å². The number of hydrogen-bond acceptors (Lipinski definition) is 3. The van der Waals surface area contributed by atoms with Crippen molar-refractivity contribution >= 4 is 11.0 Å². The largest absolute Gasteiger partial charge is 0.330 e. The number of nitrogens with zero attached hydrogens (tertiary/aromatic N) is 3. The van der Waals surface area contributed by atoms with Crippen molar-refractivity contribution in [3.8, 4) is 0 Å². The van der Waals surface area contributed by atoms with E-state index in [2.05, 4.69) is 49.5 Å². The van der Waals surface area contributed by atoms with E-state index in [4.69, 9.17) is 10.7 Å². The highest BCUT2D eigenvalue weighted by Gasteiger charge is 2.11. The molecular weight excluding hydrogens is 248 g/mol. The standard InChI is InChI=1S/C16H26N4/c1-12-10-14-15(11-13(12)2)20(9-8-19(3)4)16(18-14)6-5-7-17/h10-11H,5-9,17H2,1-4H3. The summed E-state index contributed by atoms with van der Waals surface area (Å²) in [5.41, 5.74) is 10.6. The van der Waals surface area contributed by atoms with Gasteiger partial charge in [-0.1, -0.05) is 0 Å². The third kappa shape index (κ3) is 3.19. The number of aryl methyl sites for hydroxylation is 3. The van der Waals surface area contributed by atoms with Crippen molar-refractivity contribution in [3.63, 3.8) is 0 Å². The highest BCUT2D eigenvalue weighted by molar-refractivity contribution is 5.78. The minimum absolute atomic E-state index is 0.717. The summed E-state index contributed by atoms with van der Waals surface area (Å²) < 4.78 is 2.36. The van der Waals surface area contributed by atoms with Gasteiger partial charge in [0.1, 0.15) is 5.82 Å². The zero-order valence-corrected chi connectivity index (χ0v) is 13.1. The second-order valence-electron chi connectivity index (χ2n) is 5.80. The van der Waals surface area contributed by atoms with Crippen molar-refractivity contribution in [1.82, 2.24) is 14.5 Å². The van der Waals surface area contributed by atoms with Gasteiger partial charge in [0.25, 0.3) is 0 Å². The van der Waals surface area contributed by atoms with Crippen LogP contribution in [0.4, 0.5) is 0 Å². The number of likely N-dealkylation sites (N-methyl/N-ethyl adjacent to an activating group) is 1. The molecule has 0 saturated heterocycles. The zero-order valence-electron chi connectivity index (χ0n) is 13.1. The Bertz CT molecular complexity index is 584. The molecular formula is C16H26N4. The fourth-order valence-electron chi connectivity index (χ4n) is 2.43. The van der Waals surface area contributed by atoms with Crippen LogP contribution in [0.1, 0.15) is 23.4 Å². The maximum Gasteiger partial charge on any atom is 0.109 e. The Kier molecular flexibility index (Phi) is 4.78. The van der Waals surface area contributed by atoms with Crippen LogP contribution in [0, 0.1) is 13.8 Å². The first-order valence-electron chi connectivity index (χ1n) is 7.34. The average Bonchev–Trinajstić information content (AvgIpc) is 2.71. The third-order valence-corrected chi connectivity index (χ3v) is 3.82. The Morgan fingerprint density at radius 3 is 2.55 bits per heavy atom. The van der Waals surface area contributed by atoms with E-state index in [9.17, 15) is 0 Å². The molecule has 1 aromatic heterocycles. The number of rotatable bonds is 6. The molecule has 0 amide bonds. The van der Waals surface area contributed by atoms with Gasteiger partial charge < -0.3 is 15.2 Å². The molecule has 20 heavy (non-hydrogen) atoms. The second-order valence-corrected chi connectivity index (χ2v) is 5.80. The van der Waals surface area contributed by atoms with Crippen LogP contribution in [-0.4, -0.2) is 41.6 Å². The summed E-state index contributed by atoms with van der Waals surface area (Å²) in [6.45, 7) is 7.03. The van der Waals surface area contributed by atoms with Crippen LogP contribution in [0.3, 0.4) is 0 Å². The Labute approximate surface area is 121 Å². The van der Waals surface area contributed by atoms with E-state index in [0.29, 0.717) is 0 Å². The number of aromatic nitrogens is 2. The third-order valence-electron chi connectivity index (χ3n) is 3.82. The van der Waals surface area contributed by atoms with Crippen molar-refractivity contribution < 1.29 is 0 Å². The van der Waals surface area contributed by atoms with Gasteiger partial charge in [-0.15, -0.1) is 0 Å². The quantitative estimate of drug-likeness (QED) is 0.877. The molecule has 0 fully saturated rings. The molecule has 110 valence electrons. The first kappa shape index (κ1) is 15.0.